The SMILES string of the molecule is Cl.N=C(N)N[N+](=O)[O-]. The van der Waals surface area contributed by atoms with Gasteiger partial charge in [-0.15, -0.1) is 12.4 Å². The first-order valence-corrected chi connectivity index (χ1v) is 1.38. The summed E-state index contributed by atoms with van der Waals surface area (Å²) in [5, 5.41) is 14.6. The molecule has 8 heavy (non-hydrogen) atoms. The quantitative estimate of drug-likeness (QED) is 0.190. The maximum atomic E-state index is 9.28. The van der Waals surface area contributed by atoms with Gasteiger partial charge in [-0.2, -0.15) is 0 Å². The number of rotatable bonds is 1. The molecule has 0 amide bonds. The smallest absolute Gasteiger partial charge is 0.248 e. The van der Waals surface area contributed by atoms with Crippen LogP contribution in [0.2, 0.25) is 0 Å². The van der Waals surface area contributed by atoms with Crippen molar-refractivity contribution in [1.82, 2.24) is 5.43 Å². The van der Waals surface area contributed by atoms with Gasteiger partial charge in [0.2, 0.25) is 5.96 Å². The van der Waals surface area contributed by atoms with E-state index in [1.54, 1.807) is 0 Å². The Morgan fingerprint density at radius 2 is 2.25 bits per heavy atom. The number of hydrazine groups is 1. The Labute approximate surface area is 51.1 Å². The lowest BCUT2D eigenvalue weighted by atomic mass is 11.1. The molecular formula is CH5ClN4O2. The summed E-state index contributed by atoms with van der Waals surface area (Å²) in [6, 6.07) is 0. The van der Waals surface area contributed by atoms with Gasteiger partial charge < -0.3 is 5.73 Å². The summed E-state index contributed by atoms with van der Waals surface area (Å²) in [4.78, 5) is 9.28. The van der Waals surface area contributed by atoms with Crippen molar-refractivity contribution in [2.75, 3.05) is 0 Å². The molecule has 0 aliphatic carbocycles. The minimum absolute atomic E-state index is 0. The summed E-state index contributed by atoms with van der Waals surface area (Å²) in [6.45, 7) is 0. The zero-order valence-electron chi connectivity index (χ0n) is 3.75. The van der Waals surface area contributed by atoms with Gasteiger partial charge in [-0.05, 0) is 0 Å². The molecule has 0 atom stereocenters. The van der Waals surface area contributed by atoms with Crippen molar-refractivity contribution in [2.45, 2.75) is 0 Å². The van der Waals surface area contributed by atoms with Crippen molar-refractivity contribution in [3.63, 3.8) is 0 Å². The van der Waals surface area contributed by atoms with E-state index in [0.717, 1.165) is 0 Å². The van der Waals surface area contributed by atoms with Crippen molar-refractivity contribution >= 4 is 18.4 Å². The molecule has 0 heterocycles. The summed E-state index contributed by atoms with van der Waals surface area (Å²) < 4.78 is 0. The van der Waals surface area contributed by atoms with Crippen LogP contribution in [0.25, 0.3) is 0 Å². The Hall–Kier alpha value is -1.04. The fourth-order valence-electron chi connectivity index (χ4n) is 0.0983. The molecular weight excluding hydrogens is 135 g/mol. The summed E-state index contributed by atoms with van der Waals surface area (Å²) >= 11 is 0. The van der Waals surface area contributed by atoms with Gasteiger partial charge in [-0.3, -0.25) is 5.41 Å². The zero-order valence-corrected chi connectivity index (χ0v) is 4.57. The Morgan fingerprint density at radius 1 is 1.88 bits per heavy atom. The lowest BCUT2D eigenvalue weighted by molar-refractivity contribution is -0.525. The van der Waals surface area contributed by atoms with Crippen LogP contribution in [0.4, 0.5) is 0 Å². The standard InChI is InChI=1S/CH4N4O2.ClH/c2-1(3)4-5(6)7;/h(H4,2,3,4);1H. The third kappa shape index (κ3) is 8.88. The first-order chi connectivity index (χ1) is 3.13. The minimum Gasteiger partial charge on any atom is -0.366 e. The van der Waals surface area contributed by atoms with E-state index in [1.807, 2.05) is 0 Å². The van der Waals surface area contributed by atoms with E-state index >= 15 is 0 Å². The second-order valence-electron chi connectivity index (χ2n) is 0.783. The molecule has 0 rings (SSSR count). The van der Waals surface area contributed by atoms with Gasteiger partial charge in [0.1, 0.15) is 0 Å². The van der Waals surface area contributed by atoms with Gasteiger partial charge in [0, 0.05) is 0 Å². The number of nitrogens with one attached hydrogen (secondary N) is 2. The topological polar surface area (TPSA) is 105 Å². The van der Waals surface area contributed by atoms with E-state index in [9.17, 15) is 10.1 Å². The first kappa shape index (κ1) is 10.0. The number of guanidine groups is 1. The molecule has 0 aliphatic heterocycles. The predicted octanol–water partition coefficient (Wildman–Crippen LogP) is -0.917. The van der Waals surface area contributed by atoms with Crippen molar-refractivity contribution in [2.24, 2.45) is 5.73 Å². The van der Waals surface area contributed by atoms with Crippen LogP contribution in [0.15, 0.2) is 0 Å². The molecule has 0 saturated carbocycles. The van der Waals surface area contributed by atoms with E-state index < -0.39 is 11.0 Å². The highest BCUT2D eigenvalue weighted by atomic mass is 35.5. The number of nitro groups is 1. The molecule has 0 aromatic heterocycles. The maximum Gasteiger partial charge on any atom is 0.248 e. The first-order valence-electron chi connectivity index (χ1n) is 1.38. The molecule has 0 spiro atoms. The average molecular weight is 141 g/mol. The van der Waals surface area contributed by atoms with Crippen molar-refractivity contribution in [3.8, 4) is 0 Å². The Bertz CT molecular complexity index is 90.2. The van der Waals surface area contributed by atoms with Gasteiger partial charge in [0.25, 0.3) is 0 Å². The summed E-state index contributed by atoms with van der Waals surface area (Å²) in [5.41, 5.74) is 5.91. The van der Waals surface area contributed by atoms with Crippen LogP contribution in [-0.2, 0) is 0 Å². The van der Waals surface area contributed by atoms with E-state index in [4.69, 9.17) is 5.41 Å². The molecule has 6 nitrogen and oxygen atoms in total. The van der Waals surface area contributed by atoms with Crippen molar-refractivity contribution in [3.05, 3.63) is 10.1 Å². The molecule has 0 aliphatic rings. The van der Waals surface area contributed by atoms with Crippen LogP contribution in [0.5, 0.6) is 0 Å². The normalized spacial score (nSPS) is 6.50. The molecule has 0 saturated heterocycles. The largest absolute Gasteiger partial charge is 0.366 e. The maximum absolute atomic E-state index is 9.28. The van der Waals surface area contributed by atoms with Gasteiger partial charge >= 0.3 is 0 Å². The highest BCUT2D eigenvalue weighted by Gasteiger charge is 1.91. The third-order valence-corrected chi connectivity index (χ3v) is 0.212. The second-order valence-corrected chi connectivity index (χ2v) is 0.783. The Balaban J connectivity index is 0. The molecule has 0 bridgehead atoms. The number of halogens is 1. The molecule has 0 unspecified atom stereocenters. The predicted molar refractivity (Wildman–Crippen MR) is 29.3 cm³/mol. The molecule has 4 N–H and O–H groups in total. The number of nitrogens with zero attached hydrogens (tertiary/aromatic N) is 1. The van der Waals surface area contributed by atoms with Crippen LogP contribution in [0, 0.1) is 15.5 Å². The molecule has 0 aromatic carbocycles. The molecule has 0 aromatic rings. The van der Waals surface area contributed by atoms with Crippen LogP contribution in [0.1, 0.15) is 0 Å². The monoisotopic (exact) mass is 140 g/mol. The highest BCUT2D eigenvalue weighted by Crippen LogP contribution is 1.50. The fourth-order valence-corrected chi connectivity index (χ4v) is 0.0983. The van der Waals surface area contributed by atoms with E-state index in [0.29, 0.717) is 0 Å². The van der Waals surface area contributed by atoms with Crippen LogP contribution in [0.3, 0.4) is 0 Å². The minimum atomic E-state index is -0.900. The Kier molecular flexibility index (Phi) is 5.19. The number of nitrogens with two attached hydrogens (primary N) is 1. The lowest BCUT2D eigenvalue weighted by Crippen LogP contribution is -2.34. The van der Waals surface area contributed by atoms with Crippen molar-refractivity contribution in [1.29, 1.82) is 5.41 Å². The second kappa shape index (κ2) is 4.13. The highest BCUT2D eigenvalue weighted by molar-refractivity contribution is 5.85. The zero-order chi connectivity index (χ0) is 5.86. The van der Waals surface area contributed by atoms with Gasteiger partial charge in [0.05, 0.1) is 0 Å². The van der Waals surface area contributed by atoms with Crippen LogP contribution in [-0.4, -0.2) is 11.0 Å². The van der Waals surface area contributed by atoms with E-state index in [-0.39, 0.29) is 12.4 Å². The number of hydrogen-bond donors (Lipinski definition) is 3. The van der Waals surface area contributed by atoms with E-state index in [1.165, 1.54) is 5.43 Å². The van der Waals surface area contributed by atoms with Gasteiger partial charge in [-0.1, -0.05) is 5.43 Å². The Morgan fingerprint density at radius 3 is 2.25 bits per heavy atom. The summed E-state index contributed by atoms with van der Waals surface area (Å²) in [6.07, 6.45) is 0. The summed E-state index contributed by atoms with van der Waals surface area (Å²) in [7, 11) is 0. The lowest BCUT2D eigenvalue weighted by Gasteiger charge is -1.86. The molecule has 0 fully saturated rings. The summed E-state index contributed by atoms with van der Waals surface area (Å²) in [5.74, 6) is -0.662. The van der Waals surface area contributed by atoms with E-state index in [2.05, 4.69) is 5.73 Å². The molecule has 48 valence electrons. The van der Waals surface area contributed by atoms with Crippen molar-refractivity contribution < 1.29 is 5.03 Å². The molecule has 7 heteroatoms. The van der Waals surface area contributed by atoms with Crippen LogP contribution >= 0.6 is 12.4 Å². The average Bonchev–Trinajstić information content (AvgIpc) is 1.27. The van der Waals surface area contributed by atoms with Crippen LogP contribution < -0.4 is 11.2 Å². The number of hydrogen-bond acceptors (Lipinski definition) is 3. The van der Waals surface area contributed by atoms with Gasteiger partial charge in [0.15, 0.2) is 5.03 Å². The molecule has 0 radical (unpaired) electrons. The fraction of sp³-hybridized carbons (Fsp3) is 0. The third-order valence-electron chi connectivity index (χ3n) is 0.212. The van der Waals surface area contributed by atoms with Gasteiger partial charge in [-0.25, -0.2) is 10.1 Å².